The van der Waals surface area contributed by atoms with Crippen LogP contribution < -0.4 is 11.5 Å². The Hall–Kier alpha value is -2.08. The summed E-state index contributed by atoms with van der Waals surface area (Å²) in [6, 6.07) is 5.52. The lowest BCUT2D eigenvalue weighted by molar-refractivity contribution is -0.118. The Kier molecular flexibility index (Phi) is 3.20. The van der Waals surface area contributed by atoms with E-state index in [0.29, 0.717) is 12.1 Å². The lowest BCUT2D eigenvalue weighted by atomic mass is 10.2. The monoisotopic (exact) mass is 249 g/mol. The van der Waals surface area contributed by atoms with Crippen LogP contribution in [0.4, 0.5) is 0 Å². The van der Waals surface area contributed by atoms with Crippen molar-refractivity contribution in [1.82, 2.24) is 9.47 Å². The first-order chi connectivity index (χ1) is 8.47. The maximum absolute atomic E-state index is 11.3. The number of hydrogen-bond donors (Lipinski definition) is 1. The van der Waals surface area contributed by atoms with Gasteiger partial charge in [0.25, 0.3) is 0 Å². The molecule has 1 aromatic heterocycles. The molecule has 2 rings (SSSR count). The van der Waals surface area contributed by atoms with E-state index in [1.807, 2.05) is 12.1 Å². The predicted molar refractivity (Wildman–Crippen MR) is 67.0 cm³/mol. The van der Waals surface area contributed by atoms with Crippen LogP contribution >= 0.6 is 0 Å². The van der Waals surface area contributed by atoms with E-state index < -0.39 is 0 Å². The van der Waals surface area contributed by atoms with Crippen molar-refractivity contribution in [2.75, 3.05) is 13.6 Å². The number of carbonyl (C=O) groups is 1. The van der Waals surface area contributed by atoms with Crippen molar-refractivity contribution in [3.8, 4) is 0 Å². The van der Waals surface area contributed by atoms with Crippen LogP contribution in [0.1, 0.15) is 5.56 Å². The van der Waals surface area contributed by atoms with Crippen LogP contribution in [0, 0.1) is 0 Å². The summed E-state index contributed by atoms with van der Waals surface area (Å²) in [5.41, 5.74) is 7.38. The van der Waals surface area contributed by atoms with Crippen molar-refractivity contribution in [3.05, 3.63) is 34.3 Å². The van der Waals surface area contributed by atoms with Crippen LogP contribution in [0.2, 0.25) is 0 Å². The zero-order valence-corrected chi connectivity index (χ0v) is 10.3. The Morgan fingerprint density at radius 3 is 2.89 bits per heavy atom. The van der Waals surface area contributed by atoms with Gasteiger partial charge in [-0.05, 0) is 24.7 Å². The van der Waals surface area contributed by atoms with Gasteiger partial charge >= 0.3 is 5.76 Å². The molecule has 1 aromatic carbocycles. The number of benzene rings is 1. The summed E-state index contributed by atoms with van der Waals surface area (Å²) in [7, 11) is 3.46. The molecule has 0 aliphatic heterocycles. The topological polar surface area (TPSA) is 81.5 Å². The molecule has 0 atom stereocenters. The van der Waals surface area contributed by atoms with Gasteiger partial charge in [-0.2, -0.15) is 0 Å². The first-order valence-electron chi connectivity index (χ1n) is 5.52. The molecular formula is C12H15N3O3. The largest absolute Gasteiger partial charge is 0.419 e. The highest BCUT2D eigenvalue weighted by molar-refractivity contribution is 5.76. The molecule has 2 N–H and O–H groups in total. The van der Waals surface area contributed by atoms with Crippen LogP contribution in [0.5, 0.6) is 0 Å². The highest BCUT2D eigenvalue weighted by atomic mass is 16.4. The average Bonchev–Trinajstić information content (AvgIpc) is 2.53. The van der Waals surface area contributed by atoms with Crippen molar-refractivity contribution in [1.29, 1.82) is 0 Å². The number of amides is 1. The smallest absolute Gasteiger partial charge is 0.408 e. The SMILES string of the molecule is CN(CC(N)=O)Cc1ccc2c(c1)oc(=O)n2C. The molecule has 0 spiro atoms. The van der Waals surface area contributed by atoms with Gasteiger partial charge in [0.2, 0.25) is 5.91 Å². The Bertz CT molecular complexity index is 642. The number of primary amides is 1. The van der Waals surface area contributed by atoms with Crippen molar-refractivity contribution in [3.63, 3.8) is 0 Å². The molecule has 2 aromatic rings. The molecule has 0 unspecified atom stereocenters. The first kappa shape index (κ1) is 12.4. The van der Waals surface area contributed by atoms with Crippen molar-refractivity contribution < 1.29 is 9.21 Å². The first-order valence-corrected chi connectivity index (χ1v) is 5.52. The second kappa shape index (κ2) is 4.66. The standard InChI is InChI=1S/C12H15N3O3/c1-14(7-11(13)16)6-8-3-4-9-10(5-8)18-12(17)15(9)2/h3-5H,6-7H2,1-2H3,(H2,13,16). The van der Waals surface area contributed by atoms with E-state index in [2.05, 4.69) is 0 Å². The molecule has 0 aliphatic rings. The molecule has 0 bridgehead atoms. The third-order valence-electron chi connectivity index (χ3n) is 2.73. The molecule has 0 fully saturated rings. The van der Waals surface area contributed by atoms with Gasteiger partial charge in [-0.25, -0.2) is 4.79 Å². The van der Waals surface area contributed by atoms with Crippen molar-refractivity contribution in [2.24, 2.45) is 12.8 Å². The van der Waals surface area contributed by atoms with Crippen LogP contribution in [0.15, 0.2) is 27.4 Å². The minimum absolute atomic E-state index is 0.191. The van der Waals surface area contributed by atoms with Gasteiger partial charge in [-0.3, -0.25) is 14.3 Å². The summed E-state index contributed by atoms with van der Waals surface area (Å²) in [5.74, 6) is -0.752. The number of oxazole rings is 1. The van der Waals surface area contributed by atoms with E-state index in [-0.39, 0.29) is 18.2 Å². The fourth-order valence-corrected chi connectivity index (χ4v) is 1.91. The summed E-state index contributed by atoms with van der Waals surface area (Å²) in [4.78, 5) is 23.9. The second-order valence-electron chi connectivity index (χ2n) is 4.37. The number of hydrogen-bond acceptors (Lipinski definition) is 4. The Morgan fingerprint density at radius 1 is 1.50 bits per heavy atom. The molecule has 6 nitrogen and oxygen atoms in total. The fourth-order valence-electron chi connectivity index (χ4n) is 1.91. The molecule has 0 aliphatic carbocycles. The van der Waals surface area contributed by atoms with E-state index in [0.717, 1.165) is 11.1 Å². The van der Waals surface area contributed by atoms with Gasteiger partial charge in [-0.15, -0.1) is 0 Å². The number of nitrogens with zero attached hydrogens (tertiary/aromatic N) is 2. The second-order valence-corrected chi connectivity index (χ2v) is 4.37. The number of carbonyl (C=O) groups excluding carboxylic acids is 1. The quantitative estimate of drug-likeness (QED) is 0.830. The Balaban J connectivity index is 2.25. The molecule has 0 saturated heterocycles. The third kappa shape index (κ3) is 2.43. The van der Waals surface area contributed by atoms with E-state index in [1.165, 1.54) is 4.57 Å². The summed E-state index contributed by atoms with van der Waals surface area (Å²) >= 11 is 0. The van der Waals surface area contributed by atoms with Crippen LogP contribution in [0.25, 0.3) is 11.1 Å². The minimum Gasteiger partial charge on any atom is -0.408 e. The number of nitrogens with two attached hydrogens (primary N) is 1. The predicted octanol–water partition coefficient (Wildman–Crippen LogP) is 0.0486. The number of fused-ring (bicyclic) bond motifs is 1. The highest BCUT2D eigenvalue weighted by Gasteiger charge is 2.08. The van der Waals surface area contributed by atoms with Gasteiger partial charge in [0.1, 0.15) is 0 Å². The van der Waals surface area contributed by atoms with Crippen LogP contribution in [0.3, 0.4) is 0 Å². The number of aryl methyl sites for hydroxylation is 1. The van der Waals surface area contributed by atoms with E-state index in [1.54, 1.807) is 25.1 Å². The number of aromatic nitrogens is 1. The number of likely N-dealkylation sites (N-methyl/N-ethyl adjacent to an activating group) is 1. The van der Waals surface area contributed by atoms with Crippen LogP contribution in [-0.4, -0.2) is 29.0 Å². The summed E-state index contributed by atoms with van der Waals surface area (Å²) in [5, 5.41) is 0. The zero-order valence-electron chi connectivity index (χ0n) is 10.3. The maximum Gasteiger partial charge on any atom is 0.419 e. The fraction of sp³-hybridized carbons (Fsp3) is 0.333. The molecule has 1 heterocycles. The molecular weight excluding hydrogens is 234 g/mol. The van der Waals surface area contributed by atoms with Crippen molar-refractivity contribution in [2.45, 2.75) is 6.54 Å². The van der Waals surface area contributed by atoms with E-state index >= 15 is 0 Å². The van der Waals surface area contributed by atoms with Gasteiger partial charge in [0, 0.05) is 13.6 Å². The third-order valence-corrected chi connectivity index (χ3v) is 2.73. The van der Waals surface area contributed by atoms with E-state index in [4.69, 9.17) is 10.2 Å². The lowest BCUT2D eigenvalue weighted by Crippen LogP contribution is -2.30. The van der Waals surface area contributed by atoms with Gasteiger partial charge in [0.15, 0.2) is 5.58 Å². The molecule has 0 saturated carbocycles. The molecule has 18 heavy (non-hydrogen) atoms. The Morgan fingerprint density at radius 2 is 2.22 bits per heavy atom. The normalized spacial score (nSPS) is 11.3. The van der Waals surface area contributed by atoms with Gasteiger partial charge in [-0.1, -0.05) is 6.07 Å². The molecule has 1 amide bonds. The summed E-state index contributed by atoms with van der Waals surface area (Å²) < 4.78 is 6.55. The van der Waals surface area contributed by atoms with Gasteiger partial charge in [0.05, 0.1) is 12.1 Å². The Labute approximate surface area is 104 Å². The molecule has 6 heteroatoms. The van der Waals surface area contributed by atoms with E-state index in [9.17, 15) is 9.59 Å². The average molecular weight is 249 g/mol. The summed E-state index contributed by atoms with van der Waals surface area (Å²) in [6.07, 6.45) is 0. The van der Waals surface area contributed by atoms with Crippen LogP contribution in [-0.2, 0) is 18.4 Å². The zero-order chi connectivity index (χ0) is 13.3. The maximum atomic E-state index is 11.3. The van der Waals surface area contributed by atoms with Gasteiger partial charge < -0.3 is 10.2 Å². The lowest BCUT2D eigenvalue weighted by Gasteiger charge is -2.14. The highest BCUT2D eigenvalue weighted by Crippen LogP contribution is 2.15. The van der Waals surface area contributed by atoms with Crippen molar-refractivity contribution >= 4 is 17.0 Å². The number of rotatable bonds is 4. The molecule has 96 valence electrons. The summed E-state index contributed by atoms with van der Waals surface area (Å²) in [6.45, 7) is 0.758. The minimum atomic E-state index is -0.382. The molecule has 0 radical (unpaired) electrons.